The van der Waals surface area contributed by atoms with Gasteiger partial charge in [-0.15, -0.1) is 0 Å². The Labute approximate surface area is 151 Å². The van der Waals surface area contributed by atoms with Crippen LogP contribution in [0.15, 0.2) is 24.3 Å². The number of amides is 2. The second kappa shape index (κ2) is 8.50. The highest BCUT2D eigenvalue weighted by Crippen LogP contribution is 2.34. The summed E-state index contributed by atoms with van der Waals surface area (Å²) in [5, 5.41) is 3.22. The molecule has 136 valence electrons. The standard InChI is InChI=1S/C21H30N2O2/c1-2-3-4-10-15-23-19(17-13-8-9-14-18(17)21(23)25)20(24)22-16-11-6-5-7-12-16/h8-9,13-14,16,19H,2-7,10-12,15H2,1H3,(H,22,24). The summed E-state index contributed by atoms with van der Waals surface area (Å²) in [6, 6.07) is 7.41. The zero-order valence-electron chi connectivity index (χ0n) is 15.3. The molecule has 1 aromatic carbocycles. The smallest absolute Gasteiger partial charge is 0.255 e. The Kier molecular flexibility index (Phi) is 6.11. The minimum Gasteiger partial charge on any atom is -0.351 e. The lowest BCUT2D eigenvalue weighted by molar-refractivity contribution is -0.126. The molecular weight excluding hydrogens is 312 g/mol. The Morgan fingerprint density at radius 3 is 2.64 bits per heavy atom. The van der Waals surface area contributed by atoms with Crippen LogP contribution in [0, 0.1) is 0 Å². The number of nitrogens with one attached hydrogen (secondary N) is 1. The summed E-state index contributed by atoms with van der Waals surface area (Å²) in [5.41, 5.74) is 1.57. The Balaban J connectivity index is 1.73. The number of nitrogens with zero attached hydrogens (tertiary/aromatic N) is 1. The molecule has 1 unspecified atom stereocenters. The maximum atomic E-state index is 13.0. The van der Waals surface area contributed by atoms with E-state index in [0.29, 0.717) is 12.1 Å². The van der Waals surface area contributed by atoms with E-state index in [1.807, 2.05) is 24.3 Å². The first-order valence-electron chi connectivity index (χ1n) is 9.92. The van der Waals surface area contributed by atoms with Crippen LogP contribution in [0.5, 0.6) is 0 Å². The van der Waals surface area contributed by atoms with Crippen LogP contribution < -0.4 is 5.32 Å². The van der Waals surface area contributed by atoms with E-state index in [4.69, 9.17) is 0 Å². The zero-order valence-corrected chi connectivity index (χ0v) is 15.3. The molecule has 0 spiro atoms. The lowest BCUT2D eigenvalue weighted by atomic mass is 9.95. The second-order valence-corrected chi connectivity index (χ2v) is 7.39. The third kappa shape index (κ3) is 4.05. The van der Waals surface area contributed by atoms with E-state index >= 15 is 0 Å². The van der Waals surface area contributed by atoms with Gasteiger partial charge in [0.2, 0.25) is 5.91 Å². The second-order valence-electron chi connectivity index (χ2n) is 7.39. The van der Waals surface area contributed by atoms with Crippen molar-refractivity contribution in [3.63, 3.8) is 0 Å². The summed E-state index contributed by atoms with van der Waals surface area (Å²) < 4.78 is 0. The van der Waals surface area contributed by atoms with Crippen molar-refractivity contribution >= 4 is 11.8 Å². The molecule has 1 aromatic rings. The maximum absolute atomic E-state index is 13.0. The van der Waals surface area contributed by atoms with Gasteiger partial charge < -0.3 is 10.2 Å². The molecule has 25 heavy (non-hydrogen) atoms. The third-order valence-corrected chi connectivity index (χ3v) is 5.51. The summed E-state index contributed by atoms with van der Waals surface area (Å²) in [4.78, 5) is 27.6. The molecule has 0 aromatic heterocycles. The van der Waals surface area contributed by atoms with Crippen molar-refractivity contribution in [2.75, 3.05) is 6.54 Å². The van der Waals surface area contributed by atoms with Crippen molar-refractivity contribution in [1.29, 1.82) is 0 Å². The number of rotatable bonds is 7. The van der Waals surface area contributed by atoms with Crippen LogP contribution in [0.25, 0.3) is 0 Å². The lowest BCUT2D eigenvalue weighted by Gasteiger charge is -2.28. The molecule has 1 aliphatic carbocycles. The molecule has 1 saturated carbocycles. The molecule has 4 heteroatoms. The van der Waals surface area contributed by atoms with E-state index < -0.39 is 6.04 Å². The fourth-order valence-electron chi connectivity index (χ4n) is 4.12. The molecule has 0 saturated heterocycles. The predicted octanol–water partition coefficient (Wildman–Crippen LogP) is 4.21. The summed E-state index contributed by atoms with van der Waals surface area (Å²) >= 11 is 0. The molecule has 1 N–H and O–H groups in total. The van der Waals surface area contributed by atoms with Gasteiger partial charge in [-0.2, -0.15) is 0 Å². The van der Waals surface area contributed by atoms with Crippen LogP contribution in [-0.4, -0.2) is 29.3 Å². The van der Waals surface area contributed by atoms with Gasteiger partial charge in [0.15, 0.2) is 0 Å². The normalized spacial score (nSPS) is 20.6. The number of fused-ring (bicyclic) bond motifs is 1. The van der Waals surface area contributed by atoms with Gasteiger partial charge in [-0.25, -0.2) is 0 Å². The molecule has 4 nitrogen and oxygen atoms in total. The topological polar surface area (TPSA) is 49.4 Å². The number of unbranched alkanes of at least 4 members (excludes halogenated alkanes) is 3. The van der Waals surface area contributed by atoms with Crippen molar-refractivity contribution in [3.8, 4) is 0 Å². The minimum absolute atomic E-state index is 0.000640. The molecule has 1 aliphatic heterocycles. The first-order valence-corrected chi connectivity index (χ1v) is 9.92. The Morgan fingerprint density at radius 2 is 1.88 bits per heavy atom. The van der Waals surface area contributed by atoms with Gasteiger partial charge in [-0.05, 0) is 30.9 Å². The molecule has 1 atom stereocenters. The van der Waals surface area contributed by atoms with Gasteiger partial charge in [-0.3, -0.25) is 9.59 Å². The van der Waals surface area contributed by atoms with E-state index in [-0.39, 0.29) is 17.9 Å². The van der Waals surface area contributed by atoms with Crippen LogP contribution in [0.3, 0.4) is 0 Å². The largest absolute Gasteiger partial charge is 0.351 e. The Hall–Kier alpha value is -1.84. The van der Waals surface area contributed by atoms with Crippen molar-refractivity contribution in [2.45, 2.75) is 76.8 Å². The van der Waals surface area contributed by atoms with Gasteiger partial charge >= 0.3 is 0 Å². The number of benzene rings is 1. The molecular formula is C21H30N2O2. The first-order chi connectivity index (χ1) is 12.2. The SMILES string of the molecule is CCCCCCN1C(=O)c2ccccc2C1C(=O)NC1CCCCC1. The van der Waals surface area contributed by atoms with Crippen LogP contribution in [-0.2, 0) is 4.79 Å². The predicted molar refractivity (Wildman–Crippen MR) is 99.4 cm³/mol. The summed E-state index contributed by atoms with van der Waals surface area (Å²) in [7, 11) is 0. The quantitative estimate of drug-likeness (QED) is 0.755. The number of hydrogen-bond acceptors (Lipinski definition) is 2. The van der Waals surface area contributed by atoms with Gasteiger partial charge in [0.05, 0.1) is 0 Å². The van der Waals surface area contributed by atoms with Crippen molar-refractivity contribution in [1.82, 2.24) is 10.2 Å². The van der Waals surface area contributed by atoms with E-state index in [1.54, 1.807) is 4.90 Å². The number of carbonyl (C=O) groups is 2. The van der Waals surface area contributed by atoms with Gasteiger partial charge in [-0.1, -0.05) is 63.6 Å². The molecule has 1 heterocycles. The molecule has 0 bridgehead atoms. The van der Waals surface area contributed by atoms with Gasteiger partial charge in [0.1, 0.15) is 6.04 Å². The van der Waals surface area contributed by atoms with Crippen molar-refractivity contribution in [3.05, 3.63) is 35.4 Å². The number of hydrogen-bond donors (Lipinski definition) is 1. The van der Waals surface area contributed by atoms with Gasteiger partial charge in [0, 0.05) is 18.2 Å². The summed E-state index contributed by atoms with van der Waals surface area (Å²) in [6.07, 6.45) is 10.2. The third-order valence-electron chi connectivity index (χ3n) is 5.51. The average molecular weight is 342 g/mol. The maximum Gasteiger partial charge on any atom is 0.255 e. The lowest BCUT2D eigenvalue weighted by Crippen LogP contribution is -2.44. The highest BCUT2D eigenvalue weighted by Gasteiger charge is 2.40. The minimum atomic E-state index is -0.452. The summed E-state index contributed by atoms with van der Waals surface area (Å²) in [6.45, 7) is 2.84. The molecule has 1 fully saturated rings. The van der Waals surface area contributed by atoms with E-state index in [2.05, 4.69) is 12.2 Å². The first kappa shape index (κ1) is 18.0. The van der Waals surface area contributed by atoms with Crippen LogP contribution in [0.2, 0.25) is 0 Å². The number of carbonyl (C=O) groups excluding carboxylic acids is 2. The monoisotopic (exact) mass is 342 g/mol. The Morgan fingerprint density at radius 1 is 1.12 bits per heavy atom. The highest BCUT2D eigenvalue weighted by molar-refractivity contribution is 6.04. The van der Waals surface area contributed by atoms with Gasteiger partial charge in [0.25, 0.3) is 5.91 Å². The van der Waals surface area contributed by atoms with E-state index in [9.17, 15) is 9.59 Å². The van der Waals surface area contributed by atoms with Crippen molar-refractivity contribution in [2.24, 2.45) is 0 Å². The fourth-order valence-corrected chi connectivity index (χ4v) is 4.12. The zero-order chi connectivity index (χ0) is 17.6. The van der Waals surface area contributed by atoms with Crippen LogP contribution in [0.1, 0.15) is 86.7 Å². The van der Waals surface area contributed by atoms with Crippen molar-refractivity contribution < 1.29 is 9.59 Å². The molecule has 3 rings (SSSR count). The van der Waals surface area contributed by atoms with Crippen LogP contribution >= 0.6 is 0 Å². The highest BCUT2D eigenvalue weighted by atomic mass is 16.2. The molecule has 2 amide bonds. The fraction of sp³-hybridized carbons (Fsp3) is 0.619. The summed E-state index contributed by atoms with van der Waals surface area (Å²) in [5.74, 6) is 0.0107. The average Bonchev–Trinajstić information content (AvgIpc) is 2.92. The molecule has 2 aliphatic rings. The van der Waals surface area contributed by atoms with Crippen LogP contribution in [0.4, 0.5) is 0 Å². The Bertz CT molecular complexity index is 608. The van der Waals surface area contributed by atoms with E-state index in [0.717, 1.165) is 31.2 Å². The molecule has 0 radical (unpaired) electrons. The van der Waals surface area contributed by atoms with E-state index in [1.165, 1.54) is 32.1 Å².